The van der Waals surface area contributed by atoms with Gasteiger partial charge in [-0.1, -0.05) is 23.2 Å². The van der Waals surface area contributed by atoms with Gasteiger partial charge in [-0.05, 0) is 56.4 Å². The molecule has 3 rings (SSSR count). The van der Waals surface area contributed by atoms with Crippen LogP contribution < -0.4 is 5.32 Å². The number of nitrogens with one attached hydrogen (secondary N) is 1. The lowest BCUT2D eigenvalue weighted by Gasteiger charge is -2.34. The van der Waals surface area contributed by atoms with Crippen LogP contribution in [0.5, 0.6) is 5.75 Å². The summed E-state index contributed by atoms with van der Waals surface area (Å²) >= 11 is 12.0. The minimum atomic E-state index is 0.169. The van der Waals surface area contributed by atoms with Crippen LogP contribution in [0.25, 0.3) is 0 Å². The molecule has 2 fully saturated rings. The molecule has 2 heterocycles. The average Bonchev–Trinajstić information content (AvgIpc) is 2.79. The molecular weight excluding hydrogens is 295 g/mol. The largest absolute Gasteiger partial charge is 0.506 e. The average molecular weight is 315 g/mol. The fourth-order valence-electron chi connectivity index (χ4n) is 3.51. The maximum absolute atomic E-state index is 10.1. The standard InChI is InChI=1S/C15H20Cl2N2O/c16-12-7-11(14(20)13(17)8-12)9-19-6-3-15(10-19)1-4-18-5-2-15/h7-8,18,20H,1-6,9-10H2. The molecule has 0 radical (unpaired) electrons. The summed E-state index contributed by atoms with van der Waals surface area (Å²) in [6, 6.07) is 3.40. The highest BCUT2D eigenvalue weighted by molar-refractivity contribution is 6.35. The lowest BCUT2D eigenvalue weighted by Crippen LogP contribution is -2.38. The Kier molecular flexibility index (Phi) is 4.14. The van der Waals surface area contributed by atoms with Crippen molar-refractivity contribution in [3.63, 3.8) is 0 Å². The smallest absolute Gasteiger partial charge is 0.138 e. The van der Waals surface area contributed by atoms with E-state index in [0.717, 1.165) is 38.3 Å². The van der Waals surface area contributed by atoms with Gasteiger partial charge in [0.15, 0.2) is 0 Å². The quantitative estimate of drug-likeness (QED) is 0.879. The second-order valence-electron chi connectivity index (χ2n) is 6.11. The molecule has 2 aliphatic rings. The first-order valence-corrected chi connectivity index (χ1v) is 7.94. The van der Waals surface area contributed by atoms with Crippen LogP contribution in [0, 0.1) is 5.41 Å². The van der Waals surface area contributed by atoms with Crippen LogP contribution in [0.15, 0.2) is 12.1 Å². The zero-order valence-electron chi connectivity index (χ0n) is 11.5. The molecule has 5 heteroatoms. The van der Waals surface area contributed by atoms with E-state index >= 15 is 0 Å². The molecule has 0 aliphatic carbocycles. The van der Waals surface area contributed by atoms with E-state index in [-0.39, 0.29) is 5.75 Å². The van der Waals surface area contributed by atoms with E-state index in [0.29, 0.717) is 15.5 Å². The molecule has 0 amide bonds. The van der Waals surface area contributed by atoms with E-state index in [4.69, 9.17) is 23.2 Å². The predicted molar refractivity (Wildman–Crippen MR) is 82.6 cm³/mol. The lowest BCUT2D eigenvalue weighted by molar-refractivity contribution is 0.193. The van der Waals surface area contributed by atoms with Crippen LogP contribution in [0.4, 0.5) is 0 Å². The summed E-state index contributed by atoms with van der Waals surface area (Å²) in [6.07, 6.45) is 3.77. The van der Waals surface area contributed by atoms with Crippen LogP contribution in [-0.4, -0.2) is 36.2 Å². The van der Waals surface area contributed by atoms with Crippen molar-refractivity contribution in [2.75, 3.05) is 26.2 Å². The maximum Gasteiger partial charge on any atom is 0.138 e. The Morgan fingerprint density at radius 2 is 1.95 bits per heavy atom. The number of likely N-dealkylation sites (tertiary alicyclic amines) is 1. The number of rotatable bonds is 2. The number of hydrogen-bond acceptors (Lipinski definition) is 3. The third kappa shape index (κ3) is 2.91. The molecule has 0 saturated carbocycles. The first-order valence-electron chi connectivity index (χ1n) is 7.18. The Hall–Kier alpha value is -0.480. The molecule has 2 aliphatic heterocycles. The Morgan fingerprint density at radius 3 is 2.70 bits per heavy atom. The third-order valence-electron chi connectivity index (χ3n) is 4.68. The second kappa shape index (κ2) is 5.72. The molecule has 1 aromatic carbocycles. The van der Waals surface area contributed by atoms with Crippen LogP contribution in [0.3, 0.4) is 0 Å². The van der Waals surface area contributed by atoms with Crippen molar-refractivity contribution in [3.05, 3.63) is 27.7 Å². The number of benzene rings is 1. The van der Waals surface area contributed by atoms with Crippen LogP contribution in [-0.2, 0) is 6.54 Å². The summed E-state index contributed by atoms with van der Waals surface area (Å²) < 4.78 is 0. The minimum Gasteiger partial charge on any atom is -0.506 e. The molecule has 0 atom stereocenters. The van der Waals surface area contributed by atoms with Gasteiger partial charge in [-0.15, -0.1) is 0 Å². The number of piperidine rings is 1. The highest BCUT2D eigenvalue weighted by Crippen LogP contribution is 2.40. The Labute approximate surface area is 129 Å². The van der Waals surface area contributed by atoms with Crippen molar-refractivity contribution in [1.29, 1.82) is 0 Å². The van der Waals surface area contributed by atoms with Crippen molar-refractivity contribution in [1.82, 2.24) is 10.2 Å². The van der Waals surface area contributed by atoms with E-state index in [9.17, 15) is 5.11 Å². The maximum atomic E-state index is 10.1. The summed E-state index contributed by atoms with van der Waals surface area (Å²) in [5.41, 5.74) is 1.30. The number of nitrogens with zero attached hydrogens (tertiary/aromatic N) is 1. The molecule has 20 heavy (non-hydrogen) atoms. The van der Waals surface area contributed by atoms with Crippen molar-refractivity contribution in [3.8, 4) is 5.75 Å². The molecule has 1 aromatic rings. The van der Waals surface area contributed by atoms with Gasteiger partial charge < -0.3 is 10.4 Å². The Balaban J connectivity index is 1.70. The first-order chi connectivity index (χ1) is 9.58. The number of phenols is 1. The van der Waals surface area contributed by atoms with Gasteiger partial charge in [0.05, 0.1) is 5.02 Å². The van der Waals surface area contributed by atoms with E-state index in [1.807, 2.05) is 6.07 Å². The summed E-state index contributed by atoms with van der Waals surface area (Å²) in [5, 5.41) is 14.4. The van der Waals surface area contributed by atoms with Crippen LogP contribution in [0.2, 0.25) is 10.0 Å². The van der Waals surface area contributed by atoms with E-state index in [2.05, 4.69) is 10.2 Å². The minimum absolute atomic E-state index is 0.169. The summed E-state index contributed by atoms with van der Waals surface area (Å²) in [6.45, 7) is 5.17. The fraction of sp³-hybridized carbons (Fsp3) is 0.600. The van der Waals surface area contributed by atoms with Gasteiger partial charge in [0.2, 0.25) is 0 Å². The molecule has 0 aromatic heterocycles. The van der Waals surface area contributed by atoms with Crippen molar-refractivity contribution in [2.45, 2.75) is 25.8 Å². The molecule has 1 spiro atoms. The normalized spacial score (nSPS) is 22.5. The highest BCUT2D eigenvalue weighted by atomic mass is 35.5. The van der Waals surface area contributed by atoms with Gasteiger partial charge in [0.1, 0.15) is 5.75 Å². The monoisotopic (exact) mass is 314 g/mol. The van der Waals surface area contributed by atoms with Gasteiger partial charge >= 0.3 is 0 Å². The molecule has 0 bridgehead atoms. The number of phenolic OH excluding ortho intramolecular Hbond substituents is 1. The second-order valence-corrected chi connectivity index (χ2v) is 6.95. The van der Waals surface area contributed by atoms with Gasteiger partial charge in [-0.3, -0.25) is 4.90 Å². The van der Waals surface area contributed by atoms with Gasteiger partial charge in [0, 0.05) is 23.7 Å². The van der Waals surface area contributed by atoms with E-state index < -0.39 is 0 Å². The van der Waals surface area contributed by atoms with Gasteiger partial charge in [0.25, 0.3) is 0 Å². The third-order valence-corrected chi connectivity index (χ3v) is 5.19. The number of aromatic hydroxyl groups is 1. The van der Waals surface area contributed by atoms with Crippen LogP contribution in [0.1, 0.15) is 24.8 Å². The predicted octanol–water partition coefficient (Wildman–Crippen LogP) is 3.27. The molecule has 3 nitrogen and oxygen atoms in total. The molecular formula is C15H20Cl2N2O. The molecule has 110 valence electrons. The highest BCUT2D eigenvalue weighted by Gasteiger charge is 2.38. The summed E-state index contributed by atoms with van der Waals surface area (Å²) in [7, 11) is 0. The van der Waals surface area contributed by atoms with E-state index in [1.54, 1.807) is 6.07 Å². The zero-order chi connectivity index (χ0) is 14.2. The summed E-state index contributed by atoms with van der Waals surface area (Å²) in [4.78, 5) is 2.41. The number of hydrogen-bond donors (Lipinski definition) is 2. The molecule has 2 N–H and O–H groups in total. The van der Waals surface area contributed by atoms with Crippen molar-refractivity contribution < 1.29 is 5.11 Å². The Bertz CT molecular complexity index is 501. The lowest BCUT2D eigenvalue weighted by atomic mass is 9.78. The van der Waals surface area contributed by atoms with Crippen molar-refractivity contribution >= 4 is 23.2 Å². The Morgan fingerprint density at radius 1 is 1.20 bits per heavy atom. The SMILES string of the molecule is Oc1c(Cl)cc(Cl)cc1CN1CCC2(CCNCC2)C1. The first kappa shape index (κ1) is 14.5. The zero-order valence-corrected chi connectivity index (χ0v) is 13.0. The van der Waals surface area contributed by atoms with Gasteiger partial charge in [-0.2, -0.15) is 0 Å². The number of halogens is 2. The van der Waals surface area contributed by atoms with Crippen molar-refractivity contribution in [2.24, 2.45) is 5.41 Å². The summed E-state index contributed by atoms with van der Waals surface area (Å²) in [5.74, 6) is 0.169. The molecule has 0 unspecified atom stereocenters. The fourth-order valence-corrected chi connectivity index (χ4v) is 4.04. The topological polar surface area (TPSA) is 35.5 Å². The van der Waals surface area contributed by atoms with E-state index in [1.165, 1.54) is 19.3 Å². The van der Waals surface area contributed by atoms with Crippen LogP contribution >= 0.6 is 23.2 Å². The molecule has 2 saturated heterocycles. The van der Waals surface area contributed by atoms with Gasteiger partial charge in [-0.25, -0.2) is 0 Å².